The first kappa shape index (κ1) is 118. The highest BCUT2D eigenvalue weighted by Crippen LogP contribution is 2.50. The number of allylic oxidation sites excluding steroid dienone is 3. The number of methoxy groups -OCH3 is 3. The molecule has 2 aromatic rings. The van der Waals surface area contributed by atoms with Crippen molar-refractivity contribution in [3.05, 3.63) is 88.5 Å². The lowest BCUT2D eigenvalue weighted by atomic mass is 9.83. The van der Waals surface area contributed by atoms with Gasteiger partial charge in [0.25, 0.3) is 11.8 Å². The standard InChI is InChI=1S/C101H151ClN10O31S/c1-65-28-27-29-79(132-10)101(129)61-76(141-99(128)107-101)66(2)93-100(5,143-93)80(60-86(119)109(7)73-55-70(54-65)56-75(131-9)89(73)102)142-97(126)67(3)108(6)83(116)37-53-144-78-59-88(121)111(96(78)125)63-82(115)106-90-92(91(122)77(64-113)140-98(90)127)139-68(4)94(123)104-39-42-134-44-46-136-48-50-138-52-51-137-49-47-135-45-43-133-41-36-81(114)105-71-58-74(110(62-71)87(120)57-69-30-32-72(33-31-69)112-84(117)34-35-85(112)118)95(124)103-38-25-23-21-19-17-15-13-11-12-14-16-18-20-22-24-26-40-130-8/h27-35,55-56,66-68,71,74,76-80,90-93,98,113,122,127,129H,11-26,36-54,57-64H2,1-10H3,(H,103,124)(H,104,123)(H,105,114)(H,106,115)(H,107,128)/b29-27+,65-28+/t66-,67+,68?,71?,74?,76+,77?,78?,79-,80+,90?,91?,92?,93+,98?,100+,101+/m1/s1. The van der Waals surface area contributed by atoms with Crippen LogP contribution in [0.3, 0.4) is 0 Å². The van der Waals surface area contributed by atoms with Gasteiger partial charge in [0.2, 0.25) is 53.2 Å². The molecule has 9 rings (SSSR count). The second-order valence-corrected chi connectivity index (χ2v) is 39.2. The number of likely N-dealkylation sites (tertiary alicyclic amines) is 2. The first-order chi connectivity index (χ1) is 69.1. The number of imide groups is 2. The van der Waals surface area contributed by atoms with Gasteiger partial charge >= 0.3 is 12.1 Å². The molecular formula is C101H151ClN10O31S. The summed E-state index contributed by atoms with van der Waals surface area (Å²) in [5.74, 6) is -7.42. The molecule has 5 fully saturated rings. The zero-order chi connectivity index (χ0) is 104. The van der Waals surface area contributed by atoms with Gasteiger partial charge in [0.1, 0.15) is 83.8 Å². The highest BCUT2D eigenvalue weighted by Gasteiger charge is 2.65. The summed E-state index contributed by atoms with van der Waals surface area (Å²) in [6.07, 6.45) is 13.2. The Kier molecular flexibility index (Phi) is 50.1. The number of carbonyl (C=O) groups excluding carboxylic acids is 13. The molecule has 7 aliphatic rings. The lowest BCUT2D eigenvalue weighted by Gasteiger charge is -2.43. The van der Waals surface area contributed by atoms with Crippen molar-refractivity contribution in [2.75, 3.05) is 170 Å². The number of benzene rings is 2. The molecule has 43 heteroatoms. The first-order valence-electron chi connectivity index (χ1n) is 50.3. The van der Waals surface area contributed by atoms with Crippen molar-refractivity contribution in [3.63, 3.8) is 0 Å². The van der Waals surface area contributed by atoms with Crippen LogP contribution in [0, 0.1) is 5.92 Å². The zero-order valence-corrected chi connectivity index (χ0v) is 86.3. The average molecular weight is 2070 g/mol. The van der Waals surface area contributed by atoms with E-state index in [1.54, 1.807) is 69.5 Å². The summed E-state index contributed by atoms with van der Waals surface area (Å²) in [5.41, 5.74) is -0.469. The highest BCUT2D eigenvalue weighted by atomic mass is 35.5. The smallest absolute Gasteiger partial charge is 0.409 e. The minimum atomic E-state index is -1.94. The number of nitrogens with zero attached hydrogens (tertiary/aromatic N) is 5. The summed E-state index contributed by atoms with van der Waals surface area (Å²) >= 11 is 7.82. The fourth-order valence-electron chi connectivity index (χ4n) is 18.1. The van der Waals surface area contributed by atoms with Crippen molar-refractivity contribution in [2.45, 2.75) is 285 Å². The summed E-state index contributed by atoms with van der Waals surface area (Å²) in [5, 5.41) is 57.0. The number of rotatable bonds is 61. The molecule has 9 unspecified atom stereocenters. The van der Waals surface area contributed by atoms with E-state index in [-0.39, 0.29) is 139 Å². The number of unbranched alkanes of at least 4 members (excludes halogenated alkanes) is 15. The summed E-state index contributed by atoms with van der Waals surface area (Å²) in [6.45, 7) is 10.6. The van der Waals surface area contributed by atoms with Gasteiger partial charge in [-0.3, -0.25) is 63.0 Å². The molecule has 12 amide bonds. The number of esters is 1. The molecule has 17 atom stereocenters. The largest absolute Gasteiger partial charge is 0.495 e. The third-order valence-corrected chi connectivity index (χ3v) is 28.3. The molecule has 0 aliphatic carbocycles. The van der Waals surface area contributed by atoms with E-state index >= 15 is 0 Å². The van der Waals surface area contributed by atoms with Crippen LogP contribution in [0.2, 0.25) is 5.02 Å². The number of halogens is 1. The number of thioether (sulfide) groups is 1. The van der Waals surface area contributed by atoms with Crippen LogP contribution in [0.4, 0.5) is 16.2 Å². The number of fused-ring (bicyclic) bond motifs is 5. The number of anilines is 2. The first-order valence-corrected chi connectivity index (χ1v) is 51.7. The quantitative estimate of drug-likeness (QED) is 0.0172. The molecule has 7 heterocycles. The molecule has 804 valence electrons. The number of nitrogens with one attached hydrogen (secondary N) is 5. The van der Waals surface area contributed by atoms with Crippen molar-refractivity contribution in [2.24, 2.45) is 5.92 Å². The van der Waals surface area contributed by atoms with Crippen molar-refractivity contribution in [1.82, 2.24) is 41.3 Å². The lowest BCUT2D eigenvalue weighted by molar-refractivity contribution is -0.266. The maximum Gasteiger partial charge on any atom is 0.409 e. The van der Waals surface area contributed by atoms with Gasteiger partial charge in [-0.1, -0.05) is 144 Å². The van der Waals surface area contributed by atoms with Crippen LogP contribution in [0.1, 0.15) is 187 Å². The van der Waals surface area contributed by atoms with Crippen molar-refractivity contribution in [1.29, 1.82) is 0 Å². The Morgan fingerprint density at radius 2 is 1.31 bits per heavy atom. The Morgan fingerprint density at radius 3 is 1.90 bits per heavy atom. The van der Waals surface area contributed by atoms with E-state index in [2.05, 4.69) is 26.6 Å². The van der Waals surface area contributed by atoms with Gasteiger partial charge < -0.3 is 123 Å². The Bertz CT molecular complexity index is 4600. The minimum Gasteiger partial charge on any atom is -0.495 e. The maximum absolute atomic E-state index is 14.5. The highest BCUT2D eigenvalue weighted by molar-refractivity contribution is 8.00. The number of hydrogen-bond acceptors (Lipinski definition) is 32. The van der Waals surface area contributed by atoms with E-state index < -0.39 is 181 Å². The van der Waals surface area contributed by atoms with E-state index in [0.717, 1.165) is 71.4 Å². The number of aliphatic hydroxyl groups is 4. The van der Waals surface area contributed by atoms with Crippen LogP contribution in [0.5, 0.6) is 5.75 Å². The molecule has 5 saturated heterocycles. The Morgan fingerprint density at radius 1 is 0.715 bits per heavy atom. The second-order valence-electron chi connectivity index (χ2n) is 37.5. The Labute approximate surface area is 852 Å². The van der Waals surface area contributed by atoms with Crippen molar-refractivity contribution < 1.29 is 149 Å². The maximum atomic E-state index is 14.5. The predicted octanol–water partition coefficient (Wildman–Crippen LogP) is 5.46. The number of epoxide rings is 1. The van der Waals surface area contributed by atoms with Gasteiger partial charge in [-0.25, -0.2) is 14.5 Å². The van der Waals surface area contributed by atoms with Crippen molar-refractivity contribution >= 4 is 112 Å². The number of ether oxygens (including phenoxy) is 14. The van der Waals surface area contributed by atoms with E-state index in [4.69, 9.17) is 77.9 Å². The predicted molar refractivity (Wildman–Crippen MR) is 529 cm³/mol. The average Bonchev–Trinajstić information content (AvgIpc) is 1.57. The van der Waals surface area contributed by atoms with Crippen LogP contribution >= 0.6 is 23.4 Å². The van der Waals surface area contributed by atoms with Crippen LogP contribution in [-0.2, 0) is 132 Å². The van der Waals surface area contributed by atoms with Gasteiger partial charge in [0, 0.05) is 110 Å². The summed E-state index contributed by atoms with van der Waals surface area (Å²) in [7, 11) is 7.44. The lowest BCUT2D eigenvalue weighted by Crippen LogP contribution is -2.66. The summed E-state index contributed by atoms with van der Waals surface area (Å²) in [4.78, 5) is 181. The normalized spacial score (nSPS) is 25.4. The number of likely N-dealkylation sites (N-methyl/N-ethyl adjacent to an activating group) is 1. The number of aliphatic hydroxyl groups excluding tert-OH is 3. The van der Waals surface area contributed by atoms with Crippen LogP contribution < -0.4 is 41.1 Å². The van der Waals surface area contributed by atoms with Crippen LogP contribution in [-0.4, -0.2) is 368 Å². The number of carbonyl (C=O) groups is 13. The molecule has 144 heavy (non-hydrogen) atoms. The summed E-state index contributed by atoms with van der Waals surface area (Å²) < 4.78 is 79.6. The molecule has 41 nitrogen and oxygen atoms in total. The molecule has 7 aliphatic heterocycles. The molecule has 0 aromatic heterocycles. The topological polar surface area (TPSA) is 512 Å². The monoisotopic (exact) mass is 2070 g/mol. The third-order valence-electron chi connectivity index (χ3n) is 26.7. The Balaban J connectivity index is 0.602. The van der Waals surface area contributed by atoms with Crippen LogP contribution in [0.25, 0.3) is 0 Å². The van der Waals surface area contributed by atoms with Gasteiger partial charge in [-0.2, -0.15) is 0 Å². The van der Waals surface area contributed by atoms with E-state index in [0.29, 0.717) is 61.2 Å². The number of hydrogen-bond donors (Lipinski definition) is 9. The fraction of sp³-hybridized carbons (Fsp3) is 0.693. The molecule has 2 aromatic carbocycles. The zero-order valence-electron chi connectivity index (χ0n) is 84.8. The van der Waals surface area contributed by atoms with E-state index in [1.807, 2.05) is 13.0 Å². The summed E-state index contributed by atoms with van der Waals surface area (Å²) in [6, 6.07) is 5.88. The SMILES string of the molecule is COCCCCCCCCCCCCCCCCCCNC(=O)C1CC(NC(=O)CCOCCOCCOCCOCCOCCOCCNC(=O)C(C)OC2C(O)C(CO)OC(O)C2NC(=O)CN2C(=O)CC(SCCC(=O)N(C)[C@@H](C)C(=O)O[C@H]3CC(=O)N(C)c4cc(cc(OC)c4Cl)C/C(C)=C/C=C/[C@@H](OC)[C@@]4(O)C[C@H](OC(=O)N4)[C@@H](C)[C@@H]4O[C@@]34C)C2=O)CN1C(=O)Cc1ccc(N2C(=O)C=CC2=O)cc1. The minimum absolute atomic E-state index is 0.0151. The van der Waals surface area contributed by atoms with E-state index in [9.17, 15) is 82.8 Å². The Hall–Kier alpha value is -9.19. The molecule has 0 radical (unpaired) electrons. The van der Waals surface area contributed by atoms with Crippen molar-refractivity contribution in [3.8, 4) is 5.75 Å². The fourth-order valence-corrected chi connectivity index (χ4v) is 19.5. The molecular weight excluding hydrogens is 1920 g/mol. The third kappa shape index (κ3) is 36.4. The van der Waals surface area contributed by atoms with Crippen LogP contribution in [0.15, 0.2) is 72.4 Å². The second kappa shape index (κ2) is 60.9. The number of amides is 12. The molecule has 0 saturated carbocycles. The molecule has 9 N–H and O–H groups in total. The van der Waals surface area contributed by atoms with Gasteiger partial charge in [-0.05, 0) is 88.8 Å². The van der Waals surface area contributed by atoms with E-state index in [1.165, 1.54) is 135 Å². The van der Waals surface area contributed by atoms with Gasteiger partial charge in [0.15, 0.2) is 12.0 Å². The molecule has 4 bridgehead atoms. The van der Waals surface area contributed by atoms with Gasteiger partial charge in [0.05, 0.1) is 129 Å². The molecule has 0 spiro atoms. The van der Waals surface area contributed by atoms with Gasteiger partial charge in [-0.15, -0.1) is 11.8 Å². The number of alkyl carbamates (subject to hydrolysis) is 1.